The van der Waals surface area contributed by atoms with Gasteiger partial charge in [-0.05, 0) is 42.3 Å². The van der Waals surface area contributed by atoms with Gasteiger partial charge in [0.05, 0.1) is 19.6 Å². The fourth-order valence-corrected chi connectivity index (χ4v) is 2.37. The van der Waals surface area contributed by atoms with E-state index in [4.69, 9.17) is 21.1 Å². The monoisotopic (exact) mass is 294 g/mol. The Balaban J connectivity index is 2.23. The summed E-state index contributed by atoms with van der Waals surface area (Å²) in [7, 11) is 3.21. The predicted molar refractivity (Wildman–Crippen MR) is 78.2 cm³/mol. The van der Waals surface area contributed by atoms with Crippen molar-refractivity contribution < 1.29 is 13.9 Å². The Kier molecular flexibility index (Phi) is 4.85. The largest absolute Gasteiger partial charge is 0.497 e. The molecule has 1 atom stereocenters. The number of benzene rings is 2. The summed E-state index contributed by atoms with van der Waals surface area (Å²) in [5.41, 5.74) is 1.83. The smallest absolute Gasteiger partial charge is 0.123 e. The van der Waals surface area contributed by atoms with Gasteiger partial charge in [0.15, 0.2) is 0 Å². The summed E-state index contributed by atoms with van der Waals surface area (Å²) in [6.07, 6.45) is 0.589. The summed E-state index contributed by atoms with van der Waals surface area (Å²) in [6.45, 7) is 0. The predicted octanol–water partition coefficient (Wildman–Crippen LogP) is 4.37. The molecule has 0 aliphatic heterocycles. The van der Waals surface area contributed by atoms with Gasteiger partial charge in [-0.3, -0.25) is 0 Å². The molecule has 0 aromatic heterocycles. The maximum absolute atomic E-state index is 12.9. The standard InChI is InChI=1S/C16H16ClFO2/c1-19-13-7-8-16(20-2)14(10-13)15(17)9-11-3-5-12(18)6-4-11/h3-8,10,15H,9H2,1-2H3. The molecule has 0 amide bonds. The van der Waals surface area contributed by atoms with E-state index in [-0.39, 0.29) is 11.2 Å². The van der Waals surface area contributed by atoms with Crippen LogP contribution in [-0.4, -0.2) is 14.2 Å². The molecule has 0 aliphatic carbocycles. The lowest BCUT2D eigenvalue weighted by Crippen LogP contribution is -2.00. The van der Waals surface area contributed by atoms with Gasteiger partial charge in [0.2, 0.25) is 0 Å². The van der Waals surface area contributed by atoms with E-state index in [0.29, 0.717) is 12.2 Å². The molecule has 1 unspecified atom stereocenters. The van der Waals surface area contributed by atoms with Gasteiger partial charge in [-0.25, -0.2) is 4.39 Å². The first-order chi connectivity index (χ1) is 9.63. The Bertz CT molecular complexity index is 569. The Morgan fingerprint density at radius 3 is 2.35 bits per heavy atom. The molecular formula is C16H16ClFO2. The number of halogens is 2. The van der Waals surface area contributed by atoms with Crippen LogP contribution in [0.4, 0.5) is 4.39 Å². The zero-order valence-electron chi connectivity index (χ0n) is 11.4. The summed E-state index contributed by atoms with van der Waals surface area (Å²) in [4.78, 5) is 0. The normalized spacial score (nSPS) is 12.0. The SMILES string of the molecule is COc1ccc(OC)c(C(Cl)Cc2ccc(F)cc2)c1. The Labute approximate surface area is 123 Å². The molecule has 0 saturated heterocycles. The van der Waals surface area contributed by atoms with Crippen LogP contribution in [0.15, 0.2) is 42.5 Å². The summed E-state index contributed by atoms with van der Waals surface area (Å²) in [5, 5.41) is -0.273. The minimum Gasteiger partial charge on any atom is -0.497 e. The third kappa shape index (κ3) is 3.42. The average Bonchev–Trinajstić information content (AvgIpc) is 2.48. The molecule has 0 N–H and O–H groups in total. The Morgan fingerprint density at radius 2 is 1.75 bits per heavy atom. The van der Waals surface area contributed by atoms with Crippen LogP contribution >= 0.6 is 11.6 Å². The van der Waals surface area contributed by atoms with E-state index in [0.717, 1.165) is 16.9 Å². The third-order valence-electron chi connectivity index (χ3n) is 3.10. The average molecular weight is 295 g/mol. The number of hydrogen-bond donors (Lipinski definition) is 0. The lowest BCUT2D eigenvalue weighted by Gasteiger charge is -2.15. The molecule has 0 bridgehead atoms. The van der Waals surface area contributed by atoms with Crippen molar-refractivity contribution >= 4 is 11.6 Å². The van der Waals surface area contributed by atoms with Crippen molar-refractivity contribution in [1.82, 2.24) is 0 Å². The Hall–Kier alpha value is -1.74. The first-order valence-corrected chi connectivity index (χ1v) is 6.68. The highest BCUT2D eigenvalue weighted by Gasteiger charge is 2.15. The van der Waals surface area contributed by atoms with Gasteiger partial charge in [0.25, 0.3) is 0 Å². The molecule has 0 aliphatic rings. The third-order valence-corrected chi connectivity index (χ3v) is 3.49. The van der Waals surface area contributed by atoms with Crippen molar-refractivity contribution in [2.75, 3.05) is 14.2 Å². The number of hydrogen-bond acceptors (Lipinski definition) is 2. The topological polar surface area (TPSA) is 18.5 Å². The van der Waals surface area contributed by atoms with Crippen LogP contribution in [0.25, 0.3) is 0 Å². The molecular weight excluding hydrogens is 279 g/mol. The van der Waals surface area contributed by atoms with E-state index in [1.165, 1.54) is 12.1 Å². The van der Waals surface area contributed by atoms with Gasteiger partial charge in [-0.1, -0.05) is 12.1 Å². The first kappa shape index (κ1) is 14.7. The zero-order valence-corrected chi connectivity index (χ0v) is 12.2. The minimum atomic E-state index is -0.273. The molecule has 2 nitrogen and oxygen atoms in total. The second kappa shape index (κ2) is 6.62. The second-order valence-corrected chi connectivity index (χ2v) is 4.93. The second-order valence-electron chi connectivity index (χ2n) is 4.41. The van der Waals surface area contributed by atoms with Crippen molar-refractivity contribution in [1.29, 1.82) is 0 Å². The maximum Gasteiger partial charge on any atom is 0.123 e. The van der Waals surface area contributed by atoms with E-state index in [2.05, 4.69) is 0 Å². The van der Waals surface area contributed by atoms with E-state index < -0.39 is 0 Å². The van der Waals surface area contributed by atoms with Crippen molar-refractivity contribution in [2.45, 2.75) is 11.8 Å². The van der Waals surface area contributed by atoms with Crippen LogP contribution in [0.2, 0.25) is 0 Å². The van der Waals surface area contributed by atoms with Crippen LogP contribution in [0, 0.1) is 5.82 Å². The van der Waals surface area contributed by atoms with Gasteiger partial charge in [0, 0.05) is 5.56 Å². The minimum absolute atomic E-state index is 0.251. The van der Waals surface area contributed by atoms with Gasteiger partial charge in [0.1, 0.15) is 17.3 Å². The van der Waals surface area contributed by atoms with Crippen molar-refractivity contribution in [3.05, 3.63) is 59.4 Å². The molecule has 106 valence electrons. The lowest BCUT2D eigenvalue weighted by atomic mass is 10.0. The summed E-state index contributed by atoms with van der Waals surface area (Å²) < 4.78 is 23.4. The maximum atomic E-state index is 12.9. The summed E-state index contributed by atoms with van der Waals surface area (Å²) >= 11 is 6.46. The Morgan fingerprint density at radius 1 is 1.05 bits per heavy atom. The molecule has 2 aromatic rings. The van der Waals surface area contributed by atoms with Crippen LogP contribution < -0.4 is 9.47 Å². The van der Waals surface area contributed by atoms with Crippen LogP contribution in [0.1, 0.15) is 16.5 Å². The van der Waals surface area contributed by atoms with E-state index in [1.54, 1.807) is 26.4 Å². The number of ether oxygens (including phenoxy) is 2. The van der Waals surface area contributed by atoms with Crippen molar-refractivity contribution in [3.8, 4) is 11.5 Å². The molecule has 2 aromatic carbocycles. The highest BCUT2D eigenvalue weighted by molar-refractivity contribution is 6.21. The molecule has 0 saturated carbocycles. The molecule has 0 spiro atoms. The number of methoxy groups -OCH3 is 2. The highest BCUT2D eigenvalue weighted by Crippen LogP contribution is 2.35. The molecule has 0 fully saturated rings. The highest BCUT2D eigenvalue weighted by atomic mass is 35.5. The van der Waals surface area contributed by atoms with Gasteiger partial charge in [-0.15, -0.1) is 11.6 Å². The van der Waals surface area contributed by atoms with Gasteiger partial charge >= 0.3 is 0 Å². The van der Waals surface area contributed by atoms with Crippen LogP contribution in [0.5, 0.6) is 11.5 Å². The van der Waals surface area contributed by atoms with E-state index in [9.17, 15) is 4.39 Å². The molecule has 20 heavy (non-hydrogen) atoms. The molecule has 4 heteroatoms. The fourth-order valence-electron chi connectivity index (χ4n) is 2.02. The quantitative estimate of drug-likeness (QED) is 0.763. The fraction of sp³-hybridized carbons (Fsp3) is 0.250. The molecule has 0 radical (unpaired) electrons. The van der Waals surface area contributed by atoms with Crippen molar-refractivity contribution in [2.24, 2.45) is 0 Å². The van der Waals surface area contributed by atoms with Gasteiger partial charge < -0.3 is 9.47 Å². The summed E-state index contributed by atoms with van der Waals surface area (Å²) in [5.74, 6) is 1.19. The van der Waals surface area contributed by atoms with E-state index >= 15 is 0 Å². The van der Waals surface area contributed by atoms with Crippen molar-refractivity contribution in [3.63, 3.8) is 0 Å². The van der Waals surface area contributed by atoms with E-state index in [1.807, 2.05) is 18.2 Å². The molecule has 2 rings (SSSR count). The first-order valence-electron chi connectivity index (χ1n) is 6.24. The number of alkyl halides is 1. The molecule has 0 heterocycles. The zero-order chi connectivity index (χ0) is 14.5. The van der Waals surface area contributed by atoms with Crippen LogP contribution in [0.3, 0.4) is 0 Å². The number of rotatable bonds is 5. The summed E-state index contributed by atoms with van der Waals surface area (Å²) in [6, 6.07) is 11.8. The van der Waals surface area contributed by atoms with Crippen LogP contribution in [-0.2, 0) is 6.42 Å². The lowest BCUT2D eigenvalue weighted by molar-refractivity contribution is 0.398. The van der Waals surface area contributed by atoms with Gasteiger partial charge in [-0.2, -0.15) is 0 Å².